The summed E-state index contributed by atoms with van der Waals surface area (Å²) in [7, 11) is 1.57. The number of likely N-dealkylation sites (tertiary alicyclic amines) is 1. The molecule has 1 saturated heterocycles. The molecule has 1 N–H and O–H groups in total. The van der Waals surface area contributed by atoms with E-state index in [4.69, 9.17) is 9.47 Å². The summed E-state index contributed by atoms with van der Waals surface area (Å²) in [6, 6.07) is 31.0. The number of ketones is 1. The molecule has 1 aliphatic heterocycles. The van der Waals surface area contributed by atoms with Gasteiger partial charge in [0.25, 0.3) is 11.7 Å². The van der Waals surface area contributed by atoms with Gasteiger partial charge in [0, 0.05) is 11.1 Å². The second-order valence-corrected chi connectivity index (χ2v) is 9.40. The smallest absolute Gasteiger partial charge is 0.295 e. The predicted molar refractivity (Wildman–Crippen MR) is 149 cm³/mol. The first-order valence-electron chi connectivity index (χ1n) is 12.7. The van der Waals surface area contributed by atoms with Crippen molar-refractivity contribution < 1.29 is 24.2 Å². The van der Waals surface area contributed by atoms with E-state index in [-0.39, 0.29) is 17.9 Å². The van der Waals surface area contributed by atoms with Gasteiger partial charge in [0.2, 0.25) is 0 Å². The summed E-state index contributed by atoms with van der Waals surface area (Å²) in [6.45, 7) is 2.44. The van der Waals surface area contributed by atoms with Crippen LogP contribution >= 0.6 is 0 Å². The summed E-state index contributed by atoms with van der Waals surface area (Å²) in [6.07, 6.45) is 0. The van der Waals surface area contributed by atoms with Crippen molar-refractivity contribution in [2.75, 3.05) is 7.11 Å². The maximum atomic E-state index is 13.4. The van der Waals surface area contributed by atoms with Gasteiger partial charge in [-0.3, -0.25) is 9.59 Å². The van der Waals surface area contributed by atoms with Crippen molar-refractivity contribution in [3.8, 4) is 11.5 Å². The number of methoxy groups -OCH3 is 1. The van der Waals surface area contributed by atoms with Gasteiger partial charge >= 0.3 is 0 Å². The number of Topliss-reactive ketones (excluding diaryl/α,β-unsaturated/α-hetero) is 1. The highest BCUT2D eigenvalue weighted by Crippen LogP contribution is 2.41. The molecule has 1 heterocycles. The van der Waals surface area contributed by atoms with Gasteiger partial charge in [0.15, 0.2) is 0 Å². The van der Waals surface area contributed by atoms with Crippen LogP contribution in [0.3, 0.4) is 0 Å². The van der Waals surface area contributed by atoms with Crippen molar-refractivity contribution in [3.63, 3.8) is 0 Å². The first-order valence-corrected chi connectivity index (χ1v) is 12.7. The van der Waals surface area contributed by atoms with Crippen LogP contribution in [0.15, 0.2) is 109 Å². The zero-order valence-electron chi connectivity index (χ0n) is 21.8. The molecule has 1 fully saturated rings. The Bertz CT molecular complexity index is 1530. The number of hydrogen-bond acceptors (Lipinski definition) is 5. The van der Waals surface area contributed by atoms with Gasteiger partial charge in [-0.15, -0.1) is 0 Å². The van der Waals surface area contributed by atoms with Crippen molar-refractivity contribution in [2.45, 2.75) is 26.1 Å². The summed E-state index contributed by atoms with van der Waals surface area (Å²) in [5.74, 6) is -0.323. The van der Waals surface area contributed by atoms with Crippen LogP contribution in [0.25, 0.3) is 5.76 Å². The summed E-state index contributed by atoms with van der Waals surface area (Å²) in [5, 5.41) is 11.5. The lowest BCUT2D eigenvalue weighted by Crippen LogP contribution is -2.29. The van der Waals surface area contributed by atoms with Gasteiger partial charge in [-0.25, -0.2) is 0 Å². The van der Waals surface area contributed by atoms with Crippen molar-refractivity contribution in [2.24, 2.45) is 0 Å². The molecular weight excluding hydrogens is 490 g/mol. The molecule has 0 spiro atoms. The fraction of sp³-hybridized carbons (Fsp3) is 0.152. The average Bonchev–Trinajstić information content (AvgIpc) is 3.22. The summed E-state index contributed by atoms with van der Waals surface area (Å²) >= 11 is 0. The molecule has 196 valence electrons. The molecule has 1 aliphatic rings. The summed E-state index contributed by atoms with van der Waals surface area (Å²) in [5.41, 5.74) is 3.83. The number of benzene rings is 4. The topological polar surface area (TPSA) is 76.1 Å². The normalized spacial score (nSPS) is 16.4. The van der Waals surface area contributed by atoms with E-state index in [1.807, 2.05) is 91.9 Å². The molecule has 4 aromatic carbocycles. The molecule has 4 aromatic rings. The average molecular weight is 520 g/mol. The Balaban J connectivity index is 1.51. The molecule has 5 rings (SSSR count). The number of hydrogen-bond donors (Lipinski definition) is 1. The third-order valence-electron chi connectivity index (χ3n) is 6.87. The molecule has 0 aliphatic carbocycles. The number of nitrogens with zero attached hydrogens (tertiary/aromatic N) is 1. The van der Waals surface area contributed by atoms with E-state index in [0.717, 1.165) is 22.3 Å². The molecule has 6 nitrogen and oxygen atoms in total. The molecule has 0 bridgehead atoms. The number of aliphatic hydroxyl groups excluding tert-OH is 1. The number of carbonyl (C=O) groups is 2. The van der Waals surface area contributed by atoms with E-state index >= 15 is 0 Å². The second-order valence-electron chi connectivity index (χ2n) is 9.40. The third-order valence-corrected chi connectivity index (χ3v) is 6.87. The highest BCUT2D eigenvalue weighted by molar-refractivity contribution is 6.46. The zero-order valence-corrected chi connectivity index (χ0v) is 21.8. The third kappa shape index (κ3) is 5.27. The number of amides is 1. The first-order chi connectivity index (χ1) is 19.0. The van der Waals surface area contributed by atoms with E-state index in [1.165, 1.54) is 4.90 Å². The van der Waals surface area contributed by atoms with Crippen molar-refractivity contribution >= 4 is 17.4 Å². The minimum absolute atomic E-state index is 0.0541. The van der Waals surface area contributed by atoms with Crippen molar-refractivity contribution in [1.82, 2.24) is 4.90 Å². The number of rotatable bonds is 8. The highest BCUT2D eigenvalue weighted by Gasteiger charge is 2.46. The fourth-order valence-electron chi connectivity index (χ4n) is 4.89. The van der Waals surface area contributed by atoms with Crippen molar-refractivity contribution in [3.05, 3.63) is 137 Å². The minimum atomic E-state index is -0.759. The maximum Gasteiger partial charge on any atom is 0.295 e. The number of ether oxygens (including phenoxy) is 2. The quantitative estimate of drug-likeness (QED) is 0.170. The van der Waals surface area contributed by atoms with E-state index in [0.29, 0.717) is 23.7 Å². The van der Waals surface area contributed by atoms with Gasteiger partial charge in [0.05, 0.1) is 25.3 Å². The Kier molecular flexibility index (Phi) is 7.46. The number of aryl methyl sites for hydroxylation is 1. The SMILES string of the molecule is COc1ccccc1CN1C(=O)C(=O)/C(=C(\O)c2ccc(OCc3ccccc3)c(C)c2)C1c1ccccc1. The van der Waals surface area contributed by atoms with Crippen LogP contribution in [0, 0.1) is 6.92 Å². The monoisotopic (exact) mass is 519 g/mol. The maximum absolute atomic E-state index is 13.4. The molecule has 39 heavy (non-hydrogen) atoms. The van der Waals surface area contributed by atoms with E-state index in [9.17, 15) is 14.7 Å². The fourth-order valence-corrected chi connectivity index (χ4v) is 4.89. The predicted octanol–water partition coefficient (Wildman–Crippen LogP) is 6.20. The lowest BCUT2D eigenvalue weighted by molar-refractivity contribution is -0.140. The van der Waals surface area contributed by atoms with Gasteiger partial charge in [-0.1, -0.05) is 78.9 Å². The van der Waals surface area contributed by atoms with Crippen LogP contribution in [0.1, 0.15) is 33.9 Å². The molecule has 0 aromatic heterocycles. The Hall–Kier alpha value is -4.84. The lowest BCUT2D eigenvalue weighted by atomic mass is 9.94. The molecule has 1 amide bonds. The second kappa shape index (κ2) is 11.3. The highest BCUT2D eigenvalue weighted by atomic mass is 16.5. The number of carbonyl (C=O) groups excluding carboxylic acids is 2. The summed E-state index contributed by atoms with van der Waals surface area (Å²) < 4.78 is 11.5. The lowest BCUT2D eigenvalue weighted by Gasteiger charge is -2.26. The van der Waals surface area contributed by atoms with Crippen molar-refractivity contribution in [1.29, 1.82) is 0 Å². The first kappa shape index (κ1) is 25.8. The Morgan fingerprint density at radius 2 is 1.51 bits per heavy atom. The van der Waals surface area contributed by atoms with Crippen LogP contribution in [-0.4, -0.2) is 28.8 Å². The molecular formula is C33H29NO5. The molecule has 1 unspecified atom stereocenters. The van der Waals surface area contributed by atoms with Gasteiger partial charge in [-0.2, -0.15) is 0 Å². The molecule has 1 atom stereocenters. The van der Waals surface area contributed by atoms with Gasteiger partial charge < -0.3 is 19.5 Å². The molecule has 6 heteroatoms. The van der Waals surface area contributed by atoms with E-state index in [2.05, 4.69) is 0 Å². The zero-order chi connectivity index (χ0) is 27.4. The van der Waals surface area contributed by atoms with Crippen LogP contribution in [0.2, 0.25) is 0 Å². The van der Waals surface area contributed by atoms with Crippen LogP contribution in [0.4, 0.5) is 0 Å². The molecule has 0 radical (unpaired) electrons. The van der Waals surface area contributed by atoms with Crippen LogP contribution < -0.4 is 9.47 Å². The van der Waals surface area contributed by atoms with E-state index < -0.39 is 17.7 Å². The Labute approximate surface area is 227 Å². The standard InChI is InChI=1S/C33H29NO5/c1-22-19-25(17-18-27(22)39-21-23-11-5-3-6-12-23)31(35)29-30(24-13-7-4-8-14-24)34(33(37)32(29)36)20-26-15-9-10-16-28(26)38-2/h3-19,30,35H,20-21H2,1-2H3/b31-29-. The summed E-state index contributed by atoms with van der Waals surface area (Å²) in [4.78, 5) is 28.2. The van der Waals surface area contributed by atoms with Crippen LogP contribution in [-0.2, 0) is 22.7 Å². The Morgan fingerprint density at radius 1 is 0.846 bits per heavy atom. The van der Waals surface area contributed by atoms with Crippen LogP contribution in [0.5, 0.6) is 11.5 Å². The minimum Gasteiger partial charge on any atom is -0.507 e. The molecule has 0 saturated carbocycles. The van der Waals surface area contributed by atoms with E-state index in [1.54, 1.807) is 25.3 Å². The number of aliphatic hydroxyl groups is 1. The Morgan fingerprint density at radius 3 is 2.21 bits per heavy atom. The largest absolute Gasteiger partial charge is 0.507 e. The number of para-hydroxylation sites is 1. The van der Waals surface area contributed by atoms with Gasteiger partial charge in [0.1, 0.15) is 23.9 Å². The van der Waals surface area contributed by atoms with Gasteiger partial charge in [-0.05, 0) is 47.9 Å².